The first-order chi connectivity index (χ1) is 34.4. The fourth-order valence-corrected chi connectivity index (χ4v) is 12.3. The Hall–Kier alpha value is -4.16. The highest BCUT2D eigenvalue weighted by Gasteiger charge is 2.25. The maximum absolute atomic E-state index is 6.29. The minimum Gasteiger partial charge on any atom is -0.496 e. The van der Waals surface area contributed by atoms with Crippen LogP contribution in [0.1, 0.15) is 142 Å². The summed E-state index contributed by atoms with van der Waals surface area (Å²) in [6, 6.07) is 30.0. The van der Waals surface area contributed by atoms with Gasteiger partial charge in [-0.25, -0.2) is 0 Å². The second kappa shape index (κ2) is 27.6. The van der Waals surface area contributed by atoms with Crippen molar-refractivity contribution in [2.75, 3.05) is 41.7 Å². The van der Waals surface area contributed by atoms with Crippen LogP contribution in [0.5, 0.6) is 34.5 Å². The van der Waals surface area contributed by atoms with Crippen LogP contribution in [0.25, 0.3) is 65.3 Å². The van der Waals surface area contributed by atoms with Crippen LogP contribution in [0.3, 0.4) is 0 Å². The first kappa shape index (κ1) is 53.6. The van der Waals surface area contributed by atoms with Crippen molar-refractivity contribution in [3.05, 3.63) is 92.1 Å². The van der Waals surface area contributed by atoms with Gasteiger partial charge in [0.1, 0.15) is 34.5 Å². The molecule has 0 saturated carbocycles. The Morgan fingerprint density at radius 3 is 0.914 bits per heavy atom. The molecule has 7 aromatic carbocycles. The molecule has 6 nitrogen and oxygen atoms in total. The monoisotopic (exact) mass is 1170 g/mol. The molecule has 8 heteroatoms. The van der Waals surface area contributed by atoms with Gasteiger partial charge >= 0.3 is 0 Å². The standard InChI is InChI=1S/C62H76I2O6/c1-7-9-11-13-15-17-19-21-23-25-39-69-45-31-27-43(28-32-45)55-59-53(67-5)37-35-51(65-3)57(59)47-42-50-48(41-49(47)61(55)63)58-52(66-4)36-38-54(68-6)60(58)56(62(50)64)44-29-33-46(34-30-44)70-40-26-24-22-20-18-16-14-12-10-8-2/h27-38,41-42H,7-26,39-40H2,1-6H3. The second-order valence-electron chi connectivity index (χ2n) is 18.9. The SMILES string of the molecule is CCCCCCCCCCCCOc1ccc(-c2c(I)c3cc4c(cc3c3c(OC)ccc(OC)c23)c(I)c(-c2ccc(OCCCCCCCCCCCC)cc2)c2c(OC)ccc(OC)c24)cc1. The summed E-state index contributed by atoms with van der Waals surface area (Å²) in [4.78, 5) is 0. The van der Waals surface area contributed by atoms with E-state index in [-0.39, 0.29) is 0 Å². The Morgan fingerprint density at radius 2 is 0.614 bits per heavy atom. The average molecular weight is 1170 g/mol. The minimum atomic E-state index is 0.728. The summed E-state index contributed by atoms with van der Waals surface area (Å²) < 4.78 is 39.6. The summed E-state index contributed by atoms with van der Waals surface area (Å²) >= 11 is 5.10. The maximum Gasteiger partial charge on any atom is 0.127 e. The van der Waals surface area contributed by atoms with Gasteiger partial charge in [0.05, 0.1) is 41.7 Å². The fourth-order valence-electron chi connectivity index (χ4n) is 10.2. The summed E-state index contributed by atoms with van der Waals surface area (Å²) in [6.07, 6.45) is 26.1. The Balaban J connectivity index is 1.21. The van der Waals surface area contributed by atoms with Gasteiger partial charge in [0, 0.05) is 39.8 Å². The third-order valence-corrected chi connectivity index (χ3v) is 16.3. The van der Waals surface area contributed by atoms with Crippen LogP contribution in [0.4, 0.5) is 0 Å². The van der Waals surface area contributed by atoms with Crippen molar-refractivity contribution < 1.29 is 28.4 Å². The first-order valence-electron chi connectivity index (χ1n) is 26.3. The van der Waals surface area contributed by atoms with Crippen molar-refractivity contribution in [1.82, 2.24) is 0 Å². The molecule has 0 aliphatic carbocycles. The van der Waals surface area contributed by atoms with Crippen LogP contribution in [-0.2, 0) is 0 Å². The molecule has 0 spiro atoms. The van der Waals surface area contributed by atoms with E-state index in [0.717, 1.165) is 133 Å². The maximum atomic E-state index is 6.29. The summed E-state index contributed by atoms with van der Waals surface area (Å²) in [7, 11) is 7.01. The predicted octanol–water partition coefficient (Wildman–Crippen LogP) is 19.5. The van der Waals surface area contributed by atoms with E-state index in [9.17, 15) is 0 Å². The molecule has 70 heavy (non-hydrogen) atoms. The Morgan fingerprint density at radius 1 is 0.329 bits per heavy atom. The van der Waals surface area contributed by atoms with Gasteiger partial charge in [-0.3, -0.25) is 0 Å². The van der Waals surface area contributed by atoms with Gasteiger partial charge in [0.2, 0.25) is 0 Å². The van der Waals surface area contributed by atoms with E-state index < -0.39 is 0 Å². The van der Waals surface area contributed by atoms with Crippen LogP contribution >= 0.6 is 45.2 Å². The number of ether oxygens (including phenoxy) is 6. The topological polar surface area (TPSA) is 55.4 Å². The molecule has 0 amide bonds. The molecule has 0 saturated heterocycles. The molecule has 0 aliphatic heterocycles. The normalized spacial score (nSPS) is 11.5. The number of halogens is 2. The average Bonchev–Trinajstić information content (AvgIpc) is 3.39. The van der Waals surface area contributed by atoms with Crippen molar-refractivity contribution in [3.63, 3.8) is 0 Å². The summed E-state index contributed by atoms with van der Waals surface area (Å²) in [5.74, 6) is 4.95. The molecule has 0 bridgehead atoms. The third kappa shape index (κ3) is 12.9. The fraction of sp³-hybridized carbons (Fsp3) is 0.452. The smallest absolute Gasteiger partial charge is 0.127 e. The molecule has 0 radical (unpaired) electrons. The predicted molar refractivity (Wildman–Crippen MR) is 314 cm³/mol. The van der Waals surface area contributed by atoms with Gasteiger partial charge in [-0.15, -0.1) is 0 Å². The van der Waals surface area contributed by atoms with E-state index in [0.29, 0.717) is 0 Å². The highest BCUT2D eigenvalue weighted by Crippen LogP contribution is 2.52. The van der Waals surface area contributed by atoms with E-state index >= 15 is 0 Å². The molecule has 0 aliphatic rings. The van der Waals surface area contributed by atoms with Crippen LogP contribution in [0.2, 0.25) is 0 Å². The number of unbranched alkanes of at least 4 members (excludes halogenated alkanes) is 18. The van der Waals surface area contributed by atoms with Crippen LogP contribution in [-0.4, -0.2) is 41.7 Å². The van der Waals surface area contributed by atoms with Crippen LogP contribution in [0.15, 0.2) is 84.9 Å². The number of benzene rings is 7. The summed E-state index contributed by atoms with van der Waals surface area (Å²) in [5, 5.41) is 8.45. The lowest BCUT2D eigenvalue weighted by atomic mass is 9.87. The largest absolute Gasteiger partial charge is 0.496 e. The number of hydrogen-bond acceptors (Lipinski definition) is 6. The highest BCUT2D eigenvalue weighted by atomic mass is 127. The quantitative estimate of drug-likeness (QED) is 0.0194. The molecule has 7 aromatic rings. The van der Waals surface area contributed by atoms with E-state index in [1.54, 1.807) is 28.4 Å². The van der Waals surface area contributed by atoms with Crippen molar-refractivity contribution >= 4 is 88.3 Å². The molecule has 0 fully saturated rings. The molecule has 0 N–H and O–H groups in total. The van der Waals surface area contributed by atoms with Crippen LogP contribution in [0, 0.1) is 7.14 Å². The third-order valence-electron chi connectivity index (χ3n) is 14.1. The lowest BCUT2D eigenvalue weighted by molar-refractivity contribution is 0.304. The van der Waals surface area contributed by atoms with Crippen molar-refractivity contribution in [3.8, 4) is 56.8 Å². The molecule has 0 aromatic heterocycles. The van der Waals surface area contributed by atoms with Crippen molar-refractivity contribution in [2.24, 2.45) is 0 Å². The van der Waals surface area contributed by atoms with Gasteiger partial charge in [-0.05, 0) is 151 Å². The van der Waals surface area contributed by atoms with E-state index in [1.165, 1.54) is 116 Å². The lowest BCUT2D eigenvalue weighted by Gasteiger charge is -2.22. The van der Waals surface area contributed by atoms with Gasteiger partial charge in [-0.1, -0.05) is 154 Å². The number of rotatable bonds is 30. The summed E-state index contributed by atoms with van der Waals surface area (Å²) in [6.45, 7) is 6.02. The van der Waals surface area contributed by atoms with Gasteiger partial charge < -0.3 is 28.4 Å². The molecular formula is C62H76I2O6. The lowest BCUT2D eigenvalue weighted by Crippen LogP contribution is -1.99. The number of hydrogen-bond donors (Lipinski definition) is 0. The number of fused-ring (bicyclic) bond motifs is 6. The van der Waals surface area contributed by atoms with E-state index in [1.807, 2.05) is 24.3 Å². The second-order valence-corrected chi connectivity index (χ2v) is 21.0. The zero-order valence-electron chi connectivity index (χ0n) is 42.8. The van der Waals surface area contributed by atoms with Gasteiger partial charge in [-0.2, -0.15) is 0 Å². The minimum absolute atomic E-state index is 0.728. The van der Waals surface area contributed by atoms with E-state index in [4.69, 9.17) is 28.4 Å². The molecule has 0 atom stereocenters. The first-order valence-corrected chi connectivity index (χ1v) is 28.5. The summed E-state index contributed by atoms with van der Waals surface area (Å²) in [5.41, 5.74) is 4.35. The molecule has 0 heterocycles. The zero-order chi connectivity index (χ0) is 49.2. The molecule has 7 rings (SSSR count). The van der Waals surface area contributed by atoms with Crippen molar-refractivity contribution in [1.29, 1.82) is 0 Å². The van der Waals surface area contributed by atoms with Crippen molar-refractivity contribution in [2.45, 2.75) is 142 Å². The van der Waals surface area contributed by atoms with Gasteiger partial charge in [0.15, 0.2) is 0 Å². The van der Waals surface area contributed by atoms with E-state index in [2.05, 4.69) is 120 Å². The zero-order valence-corrected chi connectivity index (χ0v) is 47.2. The number of methoxy groups -OCH3 is 4. The molecular weight excluding hydrogens is 1090 g/mol. The molecule has 374 valence electrons. The van der Waals surface area contributed by atoms with Crippen LogP contribution < -0.4 is 28.4 Å². The molecule has 0 unspecified atom stereocenters. The Kier molecular flexibility index (Phi) is 21.2. The Labute approximate surface area is 446 Å². The van der Waals surface area contributed by atoms with Gasteiger partial charge in [0.25, 0.3) is 0 Å². The Bertz CT molecular complexity index is 2570. The highest BCUT2D eigenvalue weighted by molar-refractivity contribution is 14.1.